The number of anilines is 1. The highest BCUT2D eigenvalue weighted by Gasteiger charge is 2.30. The van der Waals surface area contributed by atoms with Crippen LogP contribution in [0, 0.1) is 0 Å². The van der Waals surface area contributed by atoms with Crippen LogP contribution in [0.15, 0.2) is 61.2 Å². The second kappa shape index (κ2) is 10.8. The van der Waals surface area contributed by atoms with E-state index in [2.05, 4.69) is 10.3 Å². The lowest BCUT2D eigenvalue weighted by molar-refractivity contribution is -0.137. The third-order valence-electron chi connectivity index (χ3n) is 5.00. The molecule has 0 atom stereocenters. The van der Waals surface area contributed by atoms with E-state index in [1.54, 1.807) is 35.6 Å². The highest BCUT2D eigenvalue weighted by Crippen LogP contribution is 2.30. The quantitative estimate of drug-likeness (QED) is 0.484. The first-order valence-electron chi connectivity index (χ1n) is 10.2. The standard InChI is InChI=1S/C23H25F3N4O3/c1-32-19-8-9-20(21(14-19)33-2)28-22(31)30(12-3-11-29-13-10-27-16-29)15-17-4-6-18(7-5-17)23(24,25)26/h4-10,13-14,16H,3,11-12,15H2,1-2H3,(H,28,31). The number of carbonyl (C=O) groups is 1. The van der Waals surface area contributed by atoms with Crippen LogP contribution in [0.25, 0.3) is 0 Å². The summed E-state index contributed by atoms with van der Waals surface area (Å²) in [6.07, 6.45) is 1.39. The molecular formula is C23H25F3N4O3. The van der Waals surface area contributed by atoms with Crippen LogP contribution in [-0.2, 0) is 19.3 Å². The Bertz CT molecular complexity index is 1040. The number of imidazole rings is 1. The van der Waals surface area contributed by atoms with Crippen molar-refractivity contribution in [2.45, 2.75) is 25.7 Å². The molecule has 1 heterocycles. The molecule has 0 spiro atoms. The Morgan fingerprint density at radius 1 is 1.12 bits per heavy atom. The maximum atomic E-state index is 13.1. The first-order chi connectivity index (χ1) is 15.8. The molecule has 0 unspecified atom stereocenters. The van der Waals surface area contributed by atoms with Gasteiger partial charge in [0.2, 0.25) is 0 Å². The number of nitrogens with zero attached hydrogens (tertiary/aromatic N) is 3. The second-order valence-electron chi connectivity index (χ2n) is 7.27. The number of carbonyl (C=O) groups excluding carboxylic acids is 1. The van der Waals surface area contributed by atoms with Crippen molar-refractivity contribution in [1.29, 1.82) is 0 Å². The van der Waals surface area contributed by atoms with Crippen molar-refractivity contribution >= 4 is 11.7 Å². The van der Waals surface area contributed by atoms with Crippen molar-refractivity contribution in [2.75, 3.05) is 26.1 Å². The van der Waals surface area contributed by atoms with E-state index in [1.165, 1.54) is 26.4 Å². The van der Waals surface area contributed by atoms with Crippen molar-refractivity contribution in [3.8, 4) is 11.5 Å². The van der Waals surface area contributed by atoms with Gasteiger partial charge in [-0.1, -0.05) is 12.1 Å². The number of ether oxygens (including phenoxy) is 2. The topological polar surface area (TPSA) is 68.6 Å². The Morgan fingerprint density at radius 3 is 2.48 bits per heavy atom. The third-order valence-corrected chi connectivity index (χ3v) is 5.00. The molecular weight excluding hydrogens is 437 g/mol. The Balaban J connectivity index is 1.74. The Hall–Kier alpha value is -3.69. The molecule has 7 nitrogen and oxygen atoms in total. The molecule has 0 aliphatic carbocycles. The van der Waals surface area contributed by atoms with E-state index < -0.39 is 17.8 Å². The average Bonchev–Trinajstić information content (AvgIpc) is 3.32. The van der Waals surface area contributed by atoms with Crippen molar-refractivity contribution < 1.29 is 27.4 Å². The number of aryl methyl sites for hydroxylation is 1. The fourth-order valence-electron chi connectivity index (χ4n) is 3.23. The summed E-state index contributed by atoms with van der Waals surface area (Å²) in [4.78, 5) is 18.6. The van der Waals surface area contributed by atoms with Crippen LogP contribution in [-0.4, -0.2) is 41.2 Å². The number of methoxy groups -OCH3 is 2. The van der Waals surface area contributed by atoms with Gasteiger partial charge in [-0.05, 0) is 36.2 Å². The van der Waals surface area contributed by atoms with Gasteiger partial charge in [0.15, 0.2) is 0 Å². The molecule has 33 heavy (non-hydrogen) atoms. The zero-order valence-electron chi connectivity index (χ0n) is 18.3. The Kier molecular flexibility index (Phi) is 7.81. The molecule has 0 bridgehead atoms. The molecule has 0 radical (unpaired) electrons. The predicted octanol–water partition coefficient (Wildman–Crippen LogP) is 5.04. The van der Waals surface area contributed by atoms with Gasteiger partial charge in [0.25, 0.3) is 0 Å². The zero-order chi connectivity index (χ0) is 23.8. The minimum absolute atomic E-state index is 0.145. The number of amides is 2. The molecule has 1 N–H and O–H groups in total. The van der Waals surface area contributed by atoms with Gasteiger partial charge in [0, 0.05) is 38.1 Å². The monoisotopic (exact) mass is 462 g/mol. The van der Waals surface area contributed by atoms with Gasteiger partial charge in [-0.2, -0.15) is 13.2 Å². The summed E-state index contributed by atoms with van der Waals surface area (Å²) in [5.74, 6) is 1.00. The second-order valence-corrected chi connectivity index (χ2v) is 7.27. The van der Waals surface area contributed by atoms with Crippen LogP contribution >= 0.6 is 0 Å². The summed E-state index contributed by atoms with van der Waals surface area (Å²) >= 11 is 0. The van der Waals surface area contributed by atoms with Gasteiger partial charge in [-0.3, -0.25) is 0 Å². The van der Waals surface area contributed by atoms with Gasteiger partial charge < -0.3 is 24.3 Å². The molecule has 0 aliphatic heterocycles. The number of alkyl halides is 3. The van der Waals surface area contributed by atoms with Gasteiger partial charge >= 0.3 is 12.2 Å². The lowest BCUT2D eigenvalue weighted by Crippen LogP contribution is -2.35. The molecule has 2 aromatic carbocycles. The van der Waals surface area contributed by atoms with Crippen molar-refractivity contribution in [2.24, 2.45) is 0 Å². The van der Waals surface area contributed by atoms with Crippen molar-refractivity contribution in [3.05, 3.63) is 72.3 Å². The molecule has 176 valence electrons. The molecule has 3 rings (SSSR count). The first-order valence-corrected chi connectivity index (χ1v) is 10.2. The largest absolute Gasteiger partial charge is 0.497 e. The van der Waals surface area contributed by atoms with Crippen LogP contribution in [0.4, 0.5) is 23.7 Å². The number of halogens is 3. The Labute approximate surface area is 189 Å². The number of hydrogen-bond donors (Lipinski definition) is 1. The van der Waals surface area contributed by atoms with E-state index >= 15 is 0 Å². The summed E-state index contributed by atoms with van der Waals surface area (Å²) in [6.45, 7) is 1.17. The maximum absolute atomic E-state index is 13.1. The van der Waals surface area contributed by atoms with E-state index in [4.69, 9.17) is 9.47 Å². The van der Waals surface area contributed by atoms with E-state index in [-0.39, 0.29) is 6.54 Å². The number of hydrogen-bond acceptors (Lipinski definition) is 4. The molecule has 0 saturated heterocycles. The smallest absolute Gasteiger partial charge is 0.416 e. The van der Waals surface area contributed by atoms with E-state index in [0.717, 1.165) is 12.1 Å². The first kappa shape index (κ1) is 24.0. The molecule has 0 fully saturated rings. The highest BCUT2D eigenvalue weighted by atomic mass is 19.4. The molecule has 10 heteroatoms. The lowest BCUT2D eigenvalue weighted by atomic mass is 10.1. The van der Waals surface area contributed by atoms with Gasteiger partial charge in [0.1, 0.15) is 11.5 Å². The number of nitrogens with one attached hydrogen (secondary N) is 1. The summed E-state index contributed by atoms with van der Waals surface area (Å²) in [5.41, 5.74) is 0.308. The minimum Gasteiger partial charge on any atom is -0.497 e. The van der Waals surface area contributed by atoms with Crippen LogP contribution < -0.4 is 14.8 Å². The maximum Gasteiger partial charge on any atom is 0.416 e. The SMILES string of the molecule is COc1ccc(NC(=O)N(CCCn2ccnc2)Cc2ccc(C(F)(F)F)cc2)c(OC)c1. The van der Waals surface area contributed by atoms with Crippen LogP contribution in [0.3, 0.4) is 0 Å². The average molecular weight is 462 g/mol. The fourth-order valence-corrected chi connectivity index (χ4v) is 3.23. The van der Waals surface area contributed by atoms with Crippen LogP contribution in [0.5, 0.6) is 11.5 Å². The summed E-state index contributed by atoms with van der Waals surface area (Å²) in [6, 6.07) is 9.40. The number of aromatic nitrogens is 2. The van der Waals surface area contributed by atoms with E-state index in [9.17, 15) is 18.0 Å². The minimum atomic E-state index is -4.41. The number of urea groups is 1. The molecule has 0 saturated carbocycles. The molecule has 0 aliphatic rings. The van der Waals surface area contributed by atoms with E-state index in [1.807, 2.05) is 10.8 Å². The predicted molar refractivity (Wildman–Crippen MR) is 117 cm³/mol. The summed E-state index contributed by atoms with van der Waals surface area (Å²) < 4.78 is 51.0. The normalized spacial score (nSPS) is 11.2. The molecule has 1 aromatic heterocycles. The number of rotatable bonds is 9. The molecule has 3 aromatic rings. The van der Waals surface area contributed by atoms with E-state index in [0.29, 0.717) is 42.3 Å². The number of benzene rings is 2. The fraction of sp³-hybridized carbons (Fsp3) is 0.304. The summed E-state index contributed by atoms with van der Waals surface area (Å²) in [5, 5.41) is 2.82. The lowest BCUT2D eigenvalue weighted by Gasteiger charge is -2.24. The van der Waals surface area contributed by atoms with Crippen LogP contribution in [0.2, 0.25) is 0 Å². The van der Waals surface area contributed by atoms with Gasteiger partial charge in [-0.15, -0.1) is 0 Å². The third kappa shape index (κ3) is 6.64. The van der Waals surface area contributed by atoms with Crippen LogP contribution in [0.1, 0.15) is 17.5 Å². The van der Waals surface area contributed by atoms with Gasteiger partial charge in [0.05, 0.1) is 31.8 Å². The zero-order valence-corrected chi connectivity index (χ0v) is 18.3. The Morgan fingerprint density at radius 2 is 1.88 bits per heavy atom. The van der Waals surface area contributed by atoms with Crippen molar-refractivity contribution in [3.63, 3.8) is 0 Å². The van der Waals surface area contributed by atoms with Crippen molar-refractivity contribution in [1.82, 2.24) is 14.5 Å². The molecule has 2 amide bonds. The summed E-state index contributed by atoms with van der Waals surface area (Å²) in [7, 11) is 3.01. The van der Waals surface area contributed by atoms with Gasteiger partial charge in [-0.25, -0.2) is 9.78 Å². The highest BCUT2D eigenvalue weighted by molar-refractivity contribution is 5.91.